The summed E-state index contributed by atoms with van der Waals surface area (Å²) in [7, 11) is 4.20. The van der Waals surface area contributed by atoms with Gasteiger partial charge in [-0.2, -0.15) is 0 Å². The zero-order chi connectivity index (χ0) is 13.8. The second-order valence-electron chi connectivity index (χ2n) is 5.38. The van der Waals surface area contributed by atoms with Crippen molar-refractivity contribution < 1.29 is 4.79 Å². The number of likely N-dealkylation sites (tertiary alicyclic amines) is 1. The number of Topliss-reactive ketones (excluding diaryl/α,β-unsaturated/α-hetero) is 1. The first-order valence-electron chi connectivity index (χ1n) is 6.74. The molecule has 0 saturated carbocycles. The van der Waals surface area contributed by atoms with Gasteiger partial charge in [-0.25, -0.2) is 0 Å². The lowest BCUT2D eigenvalue weighted by atomic mass is 10.1. The number of rotatable bonds is 5. The zero-order valence-corrected chi connectivity index (χ0v) is 13.2. The summed E-state index contributed by atoms with van der Waals surface area (Å²) in [6.07, 6.45) is 2.51. The highest BCUT2D eigenvalue weighted by Gasteiger charge is 2.23. The van der Waals surface area contributed by atoms with Crippen LogP contribution in [0, 0.1) is 0 Å². The number of ketones is 1. The molecule has 1 saturated heterocycles. The summed E-state index contributed by atoms with van der Waals surface area (Å²) in [5.74, 6) is 0.177. The van der Waals surface area contributed by atoms with E-state index in [-0.39, 0.29) is 5.78 Å². The number of benzene rings is 1. The molecule has 0 spiro atoms. The predicted octanol–water partition coefficient (Wildman–Crippen LogP) is 2.66. The van der Waals surface area contributed by atoms with Crippen molar-refractivity contribution in [1.82, 2.24) is 9.80 Å². The molecule has 1 heterocycles. The van der Waals surface area contributed by atoms with Crippen molar-refractivity contribution in [2.45, 2.75) is 18.9 Å². The Balaban J connectivity index is 1.90. The van der Waals surface area contributed by atoms with Crippen LogP contribution in [-0.4, -0.2) is 55.4 Å². The number of hydrogen-bond donors (Lipinski definition) is 0. The molecule has 1 aliphatic heterocycles. The fourth-order valence-corrected chi connectivity index (χ4v) is 3.16. The van der Waals surface area contributed by atoms with E-state index in [1.54, 1.807) is 0 Å². The molecule has 0 aliphatic carbocycles. The number of likely N-dealkylation sites (N-methyl/N-ethyl adjacent to an activating group) is 2. The Morgan fingerprint density at radius 1 is 1.47 bits per heavy atom. The van der Waals surface area contributed by atoms with E-state index in [9.17, 15) is 4.79 Å². The highest BCUT2D eigenvalue weighted by Crippen LogP contribution is 2.18. The van der Waals surface area contributed by atoms with Crippen LogP contribution < -0.4 is 0 Å². The van der Waals surface area contributed by atoms with E-state index < -0.39 is 0 Å². The number of carbonyl (C=O) groups is 1. The molecule has 2 rings (SSSR count). The lowest BCUT2D eigenvalue weighted by molar-refractivity contribution is 0.0931. The average molecular weight is 325 g/mol. The van der Waals surface area contributed by atoms with Crippen molar-refractivity contribution in [3.8, 4) is 0 Å². The number of nitrogens with zero attached hydrogens (tertiary/aromatic N) is 2. The van der Waals surface area contributed by atoms with Crippen LogP contribution in [0.5, 0.6) is 0 Å². The molecule has 1 aromatic rings. The van der Waals surface area contributed by atoms with Gasteiger partial charge in [0.15, 0.2) is 5.78 Å². The second-order valence-corrected chi connectivity index (χ2v) is 6.23. The Kier molecular flexibility index (Phi) is 5.13. The van der Waals surface area contributed by atoms with Crippen LogP contribution in [0.4, 0.5) is 0 Å². The van der Waals surface area contributed by atoms with Crippen LogP contribution in [0.1, 0.15) is 23.2 Å². The lowest BCUT2D eigenvalue weighted by Gasteiger charge is -2.25. The smallest absolute Gasteiger partial charge is 0.177 e. The first-order valence-corrected chi connectivity index (χ1v) is 7.53. The molecule has 1 fully saturated rings. The zero-order valence-electron chi connectivity index (χ0n) is 11.6. The Bertz CT molecular complexity index is 450. The van der Waals surface area contributed by atoms with E-state index in [0.29, 0.717) is 12.6 Å². The summed E-state index contributed by atoms with van der Waals surface area (Å²) >= 11 is 3.44. The molecule has 0 amide bonds. The molecule has 1 aliphatic rings. The maximum Gasteiger partial charge on any atom is 0.177 e. The molecule has 0 radical (unpaired) electrons. The molecule has 3 nitrogen and oxygen atoms in total. The summed E-state index contributed by atoms with van der Waals surface area (Å²) in [6, 6.07) is 8.22. The first kappa shape index (κ1) is 14.7. The van der Waals surface area contributed by atoms with Gasteiger partial charge in [0.1, 0.15) is 0 Å². The molecule has 1 aromatic carbocycles. The van der Waals surface area contributed by atoms with Crippen LogP contribution in [0.15, 0.2) is 28.7 Å². The van der Waals surface area contributed by atoms with Gasteiger partial charge in [0.2, 0.25) is 0 Å². The summed E-state index contributed by atoms with van der Waals surface area (Å²) < 4.78 is 0.881. The standard InChI is InChI=1S/C15H21BrN2O/c1-17(10-12-6-5-9-18(12)2)11-15(19)13-7-3-4-8-14(13)16/h3-4,7-8,12H,5-6,9-11H2,1-2H3. The molecule has 104 valence electrons. The Hall–Kier alpha value is -0.710. The summed E-state index contributed by atoms with van der Waals surface area (Å²) in [5, 5.41) is 0. The van der Waals surface area contributed by atoms with Gasteiger partial charge in [0.05, 0.1) is 6.54 Å². The van der Waals surface area contributed by atoms with Crippen LogP contribution in [0.25, 0.3) is 0 Å². The molecule has 0 aromatic heterocycles. The number of hydrogen-bond acceptors (Lipinski definition) is 3. The predicted molar refractivity (Wildman–Crippen MR) is 81.6 cm³/mol. The summed E-state index contributed by atoms with van der Waals surface area (Å²) in [5.41, 5.74) is 0.772. The van der Waals surface area contributed by atoms with Gasteiger partial charge < -0.3 is 4.90 Å². The third-order valence-electron chi connectivity index (χ3n) is 3.78. The van der Waals surface area contributed by atoms with E-state index in [1.165, 1.54) is 19.4 Å². The van der Waals surface area contributed by atoms with Gasteiger partial charge in [-0.05, 0) is 39.5 Å². The molecule has 0 N–H and O–H groups in total. The minimum Gasteiger partial charge on any atom is -0.302 e. The minimum absolute atomic E-state index is 0.177. The average Bonchev–Trinajstić information content (AvgIpc) is 2.75. The molecular weight excluding hydrogens is 304 g/mol. The van der Waals surface area contributed by atoms with Gasteiger partial charge in [0.25, 0.3) is 0 Å². The molecule has 0 bridgehead atoms. The van der Waals surface area contributed by atoms with Crippen LogP contribution in [0.2, 0.25) is 0 Å². The first-order chi connectivity index (χ1) is 9.08. The van der Waals surface area contributed by atoms with Crippen molar-refractivity contribution in [1.29, 1.82) is 0 Å². The van der Waals surface area contributed by atoms with Crippen LogP contribution in [-0.2, 0) is 0 Å². The van der Waals surface area contributed by atoms with Crippen molar-refractivity contribution in [3.05, 3.63) is 34.3 Å². The molecule has 1 atom stereocenters. The van der Waals surface area contributed by atoms with Gasteiger partial charge in [-0.3, -0.25) is 9.69 Å². The topological polar surface area (TPSA) is 23.6 Å². The van der Waals surface area contributed by atoms with Gasteiger partial charge in [-0.1, -0.05) is 34.1 Å². The molecule has 1 unspecified atom stereocenters. The lowest BCUT2D eigenvalue weighted by Crippen LogP contribution is -2.38. The van der Waals surface area contributed by atoms with Crippen molar-refractivity contribution in [2.75, 3.05) is 33.7 Å². The fraction of sp³-hybridized carbons (Fsp3) is 0.533. The number of carbonyl (C=O) groups excluding carboxylic acids is 1. The Morgan fingerprint density at radius 3 is 2.84 bits per heavy atom. The quantitative estimate of drug-likeness (QED) is 0.778. The second kappa shape index (κ2) is 6.64. The van der Waals surface area contributed by atoms with Gasteiger partial charge in [0, 0.05) is 22.6 Å². The van der Waals surface area contributed by atoms with Crippen molar-refractivity contribution in [2.24, 2.45) is 0 Å². The van der Waals surface area contributed by atoms with Crippen molar-refractivity contribution >= 4 is 21.7 Å². The molecule has 19 heavy (non-hydrogen) atoms. The highest BCUT2D eigenvalue weighted by atomic mass is 79.9. The largest absolute Gasteiger partial charge is 0.302 e. The third-order valence-corrected chi connectivity index (χ3v) is 4.47. The Morgan fingerprint density at radius 2 is 2.21 bits per heavy atom. The van der Waals surface area contributed by atoms with E-state index in [2.05, 4.69) is 32.8 Å². The minimum atomic E-state index is 0.177. The van der Waals surface area contributed by atoms with Crippen LogP contribution >= 0.6 is 15.9 Å². The van der Waals surface area contributed by atoms with Crippen molar-refractivity contribution in [3.63, 3.8) is 0 Å². The van der Waals surface area contributed by atoms with Gasteiger partial charge >= 0.3 is 0 Å². The molecular formula is C15H21BrN2O. The third kappa shape index (κ3) is 3.88. The van der Waals surface area contributed by atoms with Crippen LogP contribution in [0.3, 0.4) is 0 Å². The maximum absolute atomic E-state index is 12.2. The highest BCUT2D eigenvalue weighted by molar-refractivity contribution is 9.10. The van der Waals surface area contributed by atoms with E-state index in [4.69, 9.17) is 0 Å². The van der Waals surface area contributed by atoms with Gasteiger partial charge in [-0.15, -0.1) is 0 Å². The SMILES string of the molecule is CN(CC(=O)c1ccccc1Br)CC1CCCN1C. The fourth-order valence-electron chi connectivity index (χ4n) is 2.65. The summed E-state index contributed by atoms with van der Waals surface area (Å²) in [4.78, 5) is 16.8. The van der Waals surface area contributed by atoms with E-state index >= 15 is 0 Å². The normalized spacial score (nSPS) is 20.1. The Labute approximate surface area is 123 Å². The van der Waals surface area contributed by atoms with E-state index in [1.807, 2.05) is 31.3 Å². The number of halogens is 1. The monoisotopic (exact) mass is 324 g/mol. The maximum atomic E-state index is 12.2. The molecule has 4 heteroatoms. The van der Waals surface area contributed by atoms with E-state index in [0.717, 1.165) is 16.6 Å². The summed E-state index contributed by atoms with van der Waals surface area (Å²) in [6.45, 7) is 2.62.